The number of phenols is 1. The van der Waals surface area contributed by atoms with Crippen LogP contribution in [0.15, 0.2) is 18.2 Å². The van der Waals surface area contributed by atoms with Crippen LogP contribution in [0, 0.1) is 0 Å². The van der Waals surface area contributed by atoms with E-state index in [0.29, 0.717) is 5.56 Å². The number of halogens is 3. The van der Waals surface area contributed by atoms with Crippen molar-refractivity contribution in [3.05, 3.63) is 29.3 Å². The van der Waals surface area contributed by atoms with Gasteiger partial charge in [0.1, 0.15) is 11.9 Å². The molecule has 0 fully saturated rings. The molecular formula is C12H15Cl3O2. The van der Waals surface area contributed by atoms with Crippen molar-refractivity contribution in [3.63, 3.8) is 0 Å². The number of hydrogen-bond acceptors (Lipinski definition) is 2. The molecule has 1 aromatic carbocycles. The summed E-state index contributed by atoms with van der Waals surface area (Å²) in [7, 11) is 0. The van der Waals surface area contributed by atoms with Gasteiger partial charge in [-0.15, -0.1) is 0 Å². The van der Waals surface area contributed by atoms with Crippen molar-refractivity contribution in [2.24, 2.45) is 0 Å². The minimum absolute atomic E-state index is 0.0289. The molecule has 0 bridgehead atoms. The smallest absolute Gasteiger partial charge is 0.220 e. The lowest BCUT2D eigenvalue weighted by Crippen LogP contribution is -2.18. The molecule has 1 aromatic rings. The van der Waals surface area contributed by atoms with Crippen molar-refractivity contribution in [2.45, 2.75) is 36.1 Å². The first kappa shape index (κ1) is 14.9. The fourth-order valence-corrected chi connectivity index (χ4v) is 1.92. The summed E-state index contributed by atoms with van der Waals surface area (Å²) < 4.78 is -1.87. The zero-order valence-electron chi connectivity index (χ0n) is 9.84. The van der Waals surface area contributed by atoms with E-state index in [0.717, 1.165) is 0 Å². The van der Waals surface area contributed by atoms with E-state index in [2.05, 4.69) is 0 Å². The standard InChI is InChI=1S/C12H15Cl3O2/c1-11(2,3)8-6-4-5-7(9(8)16)10(17)12(13,14)15/h4-6,10,16-17H,1-3H3. The Kier molecular flexibility index (Phi) is 4.25. The van der Waals surface area contributed by atoms with Crippen LogP contribution in [0.1, 0.15) is 38.0 Å². The zero-order valence-corrected chi connectivity index (χ0v) is 12.1. The highest BCUT2D eigenvalue weighted by molar-refractivity contribution is 6.68. The van der Waals surface area contributed by atoms with Crippen molar-refractivity contribution < 1.29 is 10.2 Å². The lowest BCUT2D eigenvalue weighted by molar-refractivity contribution is 0.178. The van der Waals surface area contributed by atoms with Gasteiger partial charge in [-0.2, -0.15) is 0 Å². The molecule has 2 nitrogen and oxygen atoms in total. The Morgan fingerprint density at radius 3 is 2.06 bits per heavy atom. The molecule has 0 saturated heterocycles. The van der Waals surface area contributed by atoms with Crippen molar-refractivity contribution in [1.29, 1.82) is 0 Å². The van der Waals surface area contributed by atoms with E-state index in [4.69, 9.17) is 34.8 Å². The highest BCUT2D eigenvalue weighted by Gasteiger charge is 2.35. The van der Waals surface area contributed by atoms with Crippen LogP contribution in [0.5, 0.6) is 5.75 Å². The summed E-state index contributed by atoms with van der Waals surface area (Å²) in [5.74, 6) is -0.0289. The molecular weight excluding hydrogens is 282 g/mol. The lowest BCUT2D eigenvalue weighted by Gasteiger charge is -2.25. The molecule has 1 unspecified atom stereocenters. The summed E-state index contributed by atoms with van der Waals surface area (Å²) in [6.45, 7) is 5.86. The van der Waals surface area contributed by atoms with Crippen LogP contribution in [0.3, 0.4) is 0 Å². The van der Waals surface area contributed by atoms with Crippen LogP contribution in [-0.4, -0.2) is 14.0 Å². The van der Waals surface area contributed by atoms with Crippen molar-refractivity contribution in [1.82, 2.24) is 0 Å². The Hall–Kier alpha value is -0.150. The number of aromatic hydroxyl groups is 1. The number of aliphatic hydroxyl groups is 1. The maximum atomic E-state index is 10.1. The van der Waals surface area contributed by atoms with E-state index in [1.54, 1.807) is 12.1 Å². The summed E-state index contributed by atoms with van der Waals surface area (Å²) in [4.78, 5) is 0. The Bertz CT molecular complexity index is 405. The number of hydrogen-bond donors (Lipinski definition) is 2. The van der Waals surface area contributed by atoms with Crippen molar-refractivity contribution >= 4 is 34.8 Å². The average molecular weight is 298 g/mol. The highest BCUT2D eigenvalue weighted by atomic mass is 35.6. The second-order valence-electron chi connectivity index (χ2n) is 4.94. The van der Waals surface area contributed by atoms with Crippen LogP contribution >= 0.6 is 34.8 Å². The number of para-hydroxylation sites is 1. The first-order valence-electron chi connectivity index (χ1n) is 5.12. The largest absolute Gasteiger partial charge is 0.507 e. The second-order valence-corrected chi connectivity index (χ2v) is 7.31. The summed E-state index contributed by atoms with van der Waals surface area (Å²) >= 11 is 16.9. The molecule has 0 aliphatic rings. The van der Waals surface area contributed by atoms with Crippen LogP contribution in [0.2, 0.25) is 0 Å². The summed E-state index contributed by atoms with van der Waals surface area (Å²) in [6.07, 6.45) is -1.37. The first-order valence-corrected chi connectivity index (χ1v) is 6.25. The molecule has 96 valence electrons. The van der Waals surface area contributed by atoms with Crippen molar-refractivity contribution in [2.75, 3.05) is 0 Å². The maximum absolute atomic E-state index is 10.1. The number of alkyl halides is 3. The van der Waals surface area contributed by atoms with E-state index in [9.17, 15) is 10.2 Å². The number of phenolic OH excluding ortho intramolecular Hbond substituents is 1. The Balaban J connectivity index is 3.30. The van der Waals surface area contributed by atoms with Gasteiger partial charge < -0.3 is 10.2 Å². The molecule has 17 heavy (non-hydrogen) atoms. The van der Waals surface area contributed by atoms with Gasteiger partial charge in [-0.25, -0.2) is 0 Å². The molecule has 0 radical (unpaired) electrons. The molecule has 0 amide bonds. The van der Waals surface area contributed by atoms with Gasteiger partial charge in [0.25, 0.3) is 0 Å². The average Bonchev–Trinajstić information content (AvgIpc) is 2.13. The molecule has 1 rings (SSSR count). The molecule has 0 heterocycles. The minimum Gasteiger partial charge on any atom is -0.507 e. The maximum Gasteiger partial charge on any atom is 0.220 e. The monoisotopic (exact) mass is 296 g/mol. The molecule has 0 aliphatic carbocycles. The summed E-state index contributed by atoms with van der Waals surface area (Å²) in [5.41, 5.74) is 0.661. The van der Waals surface area contributed by atoms with Crippen LogP contribution in [-0.2, 0) is 5.41 Å². The quantitative estimate of drug-likeness (QED) is 0.766. The second kappa shape index (κ2) is 4.85. The van der Waals surface area contributed by atoms with Crippen LogP contribution in [0.25, 0.3) is 0 Å². The topological polar surface area (TPSA) is 40.5 Å². The normalized spacial score (nSPS) is 14.8. The van der Waals surface area contributed by atoms with E-state index in [1.807, 2.05) is 20.8 Å². The first-order chi connectivity index (χ1) is 7.55. The van der Waals surface area contributed by atoms with Gasteiger partial charge in [-0.1, -0.05) is 73.8 Å². The van der Waals surface area contributed by atoms with Gasteiger partial charge in [0.15, 0.2) is 0 Å². The Morgan fingerprint density at radius 1 is 1.12 bits per heavy atom. The molecule has 0 saturated carbocycles. The third-order valence-corrected chi connectivity index (χ3v) is 3.10. The van der Waals surface area contributed by atoms with Crippen molar-refractivity contribution in [3.8, 4) is 5.75 Å². The van der Waals surface area contributed by atoms with Gasteiger partial charge in [-0.3, -0.25) is 0 Å². The molecule has 5 heteroatoms. The molecule has 0 aliphatic heterocycles. The molecule has 1 atom stereocenters. The van der Waals surface area contributed by atoms with Gasteiger partial charge >= 0.3 is 0 Å². The van der Waals surface area contributed by atoms with E-state index < -0.39 is 9.90 Å². The third-order valence-electron chi connectivity index (χ3n) is 2.48. The van der Waals surface area contributed by atoms with Gasteiger partial charge in [0.05, 0.1) is 0 Å². The van der Waals surface area contributed by atoms with Gasteiger partial charge in [0.2, 0.25) is 3.79 Å². The lowest BCUT2D eigenvalue weighted by atomic mass is 9.84. The van der Waals surface area contributed by atoms with Gasteiger partial charge in [-0.05, 0) is 11.0 Å². The number of benzene rings is 1. The highest BCUT2D eigenvalue weighted by Crippen LogP contribution is 2.44. The fourth-order valence-electron chi connectivity index (χ4n) is 1.56. The minimum atomic E-state index is -1.87. The van der Waals surface area contributed by atoms with Crippen LogP contribution < -0.4 is 0 Å². The Labute approximate surface area is 116 Å². The fraction of sp³-hybridized carbons (Fsp3) is 0.500. The van der Waals surface area contributed by atoms with E-state index in [1.165, 1.54) is 6.07 Å². The summed E-state index contributed by atoms with van der Waals surface area (Å²) in [6, 6.07) is 5.04. The third kappa shape index (κ3) is 3.41. The summed E-state index contributed by atoms with van der Waals surface area (Å²) in [5, 5.41) is 20.0. The Morgan fingerprint density at radius 2 is 1.65 bits per heavy atom. The number of rotatable bonds is 1. The van der Waals surface area contributed by atoms with Crippen LogP contribution in [0.4, 0.5) is 0 Å². The molecule has 2 N–H and O–H groups in total. The van der Waals surface area contributed by atoms with Gasteiger partial charge in [0, 0.05) is 5.56 Å². The van der Waals surface area contributed by atoms with E-state index >= 15 is 0 Å². The SMILES string of the molecule is CC(C)(C)c1cccc(C(O)C(Cl)(Cl)Cl)c1O. The zero-order chi connectivity index (χ0) is 13.4. The number of aliphatic hydroxyl groups excluding tert-OH is 1. The van der Waals surface area contributed by atoms with E-state index in [-0.39, 0.29) is 16.7 Å². The molecule has 0 spiro atoms. The molecule has 0 aromatic heterocycles. The predicted octanol–water partition coefficient (Wildman–Crippen LogP) is 4.09. The predicted molar refractivity (Wildman–Crippen MR) is 72.1 cm³/mol.